The minimum Gasteiger partial charge on any atom is -0.448 e. The van der Waals surface area contributed by atoms with E-state index >= 15 is 0 Å². The first-order chi connectivity index (χ1) is 7.22. The second kappa shape index (κ2) is 6.40. The van der Waals surface area contributed by atoms with Gasteiger partial charge in [-0.3, -0.25) is 0 Å². The summed E-state index contributed by atoms with van der Waals surface area (Å²) in [6.07, 6.45) is 3.92. The monoisotopic (exact) mass is 268 g/mol. The third-order valence-corrected chi connectivity index (χ3v) is 2.61. The van der Waals surface area contributed by atoms with Gasteiger partial charge in [-0.25, -0.2) is 4.79 Å². The van der Waals surface area contributed by atoms with Gasteiger partial charge in [-0.1, -0.05) is 37.3 Å². The van der Waals surface area contributed by atoms with Gasteiger partial charge < -0.3 is 4.74 Å². The highest BCUT2D eigenvalue weighted by Gasteiger charge is 2.04. The molecule has 0 radical (unpaired) electrons. The van der Waals surface area contributed by atoms with Crippen LogP contribution in [0.3, 0.4) is 0 Å². The van der Waals surface area contributed by atoms with Crippen LogP contribution in [0.25, 0.3) is 6.08 Å². The predicted molar refractivity (Wildman–Crippen MR) is 64.6 cm³/mol. The van der Waals surface area contributed by atoms with Crippen LogP contribution < -0.4 is 0 Å². The molecule has 0 N–H and O–H groups in total. The summed E-state index contributed by atoms with van der Waals surface area (Å²) in [4.78, 5) is 11.2. The zero-order valence-electron chi connectivity index (χ0n) is 8.52. The van der Waals surface area contributed by atoms with E-state index < -0.39 is 0 Å². The molecule has 3 heteroatoms. The fourth-order valence-corrected chi connectivity index (χ4v) is 1.16. The van der Waals surface area contributed by atoms with Crippen molar-refractivity contribution in [2.24, 2.45) is 0 Å². The van der Waals surface area contributed by atoms with Crippen molar-refractivity contribution in [3.63, 3.8) is 0 Å². The lowest BCUT2D eigenvalue weighted by atomic mass is 10.2. The van der Waals surface area contributed by atoms with Crippen LogP contribution in [-0.4, -0.2) is 11.0 Å². The van der Waals surface area contributed by atoms with Crippen molar-refractivity contribution in [2.45, 2.75) is 18.4 Å². The molecule has 1 aromatic rings. The van der Waals surface area contributed by atoms with Crippen LogP contribution in [0.1, 0.15) is 18.9 Å². The van der Waals surface area contributed by atoms with Crippen LogP contribution in [0.2, 0.25) is 0 Å². The van der Waals surface area contributed by atoms with Gasteiger partial charge in [-0.2, -0.15) is 0 Å². The number of carbonyl (C=O) groups is 1. The van der Waals surface area contributed by atoms with Gasteiger partial charge >= 0.3 is 5.97 Å². The van der Waals surface area contributed by atoms with Crippen LogP contribution in [0.4, 0.5) is 0 Å². The number of ether oxygens (including phenoxy) is 1. The molecule has 15 heavy (non-hydrogen) atoms. The smallest absolute Gasteiger partial charge is 0.331 e. The minimum atomic E-state index is -0.331. The third kappa shape index (κ3) is 4.79. The topological polar surface area (TPSA) is 26.3 Å². The van der Waals surface area contributed by atoms with E-state index in [0.29, 0.717) is 0 Å². The highest BCUT2D eigenvalue weighted by molar-refractivity contribution is 9.09. The molecule has 0 bridgehead atoms. The minimum absolute atomic E-state index is 0.203. The molecule has 0 aliphatic carbocycles. The number of hydrogen-bond acceptors (Lipinski definition) is 2. The molecule has 0 fully saturated rings. The Bertz CT molecular complexity index is 333. The molecular weight excluding hydrogens is 256 g/mol. The molecule has 0 aromatic heterocycles. The quantitative estimate of drug-likeness (QED) is 0.476. The molecule has 0 aliphatic heterocycles. The van der Waals surface area contributed by atoms with E-state index in [1.54, 1.807) is 6.08 Å². The van der Waals surface area contributed by atoms with Crippen molar-refractivity contribution in [1.82, 2.24) is 0 Å². The zero-order valence-corrected chi connectivity index (χ0v) is 10.1. The summed E-state index contributed by atoms with van der Waals surface area (Å²) in [5, 5.41) is -0.203. The number of esters is 1. The Balaban J connectivity index is 2.48. The summed E-state index contributed by atoms with van der Waals surface area (Å²) in [6, 6.07) is 9.63. The molecule has 0 heterocycles. The van der Waals surface area contributed by atoms with Crippen LogP contribution in [0.5, 0.6) is 0 Å². The number of carbonyl (C=O) groups excluding carboxylic acids is 1. The summed E-state index contributed by atoms with van der Waals surface area (Å²) in [5.41, 5.74) is 0.983. The molecule has 1 rings (SSSR count). The lowest BCUT2D eigenvalue weighted by Crippen LogP contribution is -2.08. The molecule has 80 valence electrons. The lowest BCUT2D eigenvalue weighted by molar-refractivity contribution is -0.138. The number of alkyl halides is 1. The molecule has 1 unspecified atom stereocenters. The van der Waals surface area contributed by atoms with Gasteiger partial charge in [0.1, 0.15) is 0 Å². The van der Waals surface area contributed by atoms with E-state index in [4.69, 9.17) is 4.74 Å². The average molecular weight is 269 g/mol. The standard InChI is InChI=1S/C12H13BrO2/c1-2-11(13)15-12(14)9-8-10-6-4-3-5-7-10/h3-9,11H,2H2,1H3/b9-8+. The number of benzene rings is 1. The molecule has 2 nitrogen and oxygen atoms in total. The highest BCUT2D eigenvalue weighted by Crippen LogP contribution is 2.07. The zero-order chi connectivity index (χ0) is 11.1. The van der Waals surface area contributed by atoms with E-state index in [1.165, 1.54) is 6.08 Å². The van der Waals surface area contributed by atoms with E-state index in [-0.39, 0.29) is 11.0 Å². The van der Waals surface area contributed by atoms with Crippen LogP contribution >= 0.6 is 15.9 Å². The normalized spacial score (nSPS) is 12.7. The van der Waals surface area contributed by atoms with E-state index in [9.17, 15) is 4.79 Å². The van der Waals surface area contributed by atoms with Crippen molar-refractivity contribution < 1.29 is 9.53 Å². The van der Waals surface area contributed by atoms with Gasteiger partial charge in [0.25, 0.3) is 0 Å². The second-order valence-corrected chi connectivity index (χ2v) is 4.02. The molecule has 1 atom stereocenters. The van der Waals surface area contributed by atoms with E-state index in [0.717, 1.165) is 12.0 Å². The first-order valence-corrected chi connectivity index (χ1v) is 5.71. The van der Waals surface area contributed by atoms with Crippen molar-refractivity contribution >= 4 is 28.0 Å². The fraction of sp³-hybridized carbons (Fsp3) is 0.250. The average Bonchev–Trinajstić information content (AvgIpc) is 2.27. The second-order valence-electron chi connectivity index (χ2n) is 3.00. The maximum absolute atomic E-state index is 11.2. The van der Waals surface area contributed by atoms with Gasteiger partial charge in [-0.15, -0.1) is 0 Å². The molecular formula is C12H13BrO2. The van der Waals surface area contributed by atoms with Crippen LogP contribution in [-0.2, 0) is 9.53 Å². The number of rotatable bonds is 4. The number of halogens is 1. The van der Waals surface area contributed by atoms with Gasteiger partial charge in [0, 0.05) is 6.08 Å². The third-order valence-electron chi connectivity index (χ3n) is 1.78. The Labute approximate surface area is 98.1 Å². The molecule has 0 amide bonds. The van der Waals surface area contributed by atoms with E-state index in [1.807, 2.05) is 37.3 Å². The fourth-order valence-electron chi connectivity index (χ4n) is 0.977. The summed E-state index contributed by atoms with van der Waals surface area (Å²) in [5.74, 6) is -0.331. The Morgan fingerprint density at radius 3 is 2.73 bits per heavy atom. The number of hydrogen-bond donors (Lipinski definition) is 0. The first-order valence-electron chi connectivity index (χ1n) is 4.80. The molecule has 0 saturated heterocycles. The largest absolute Gasteiger partial charge is 0.448 e. The Morgan fingerprint density at radius 1 is 1.47 bits per heavy atom. The Hall–Kier alpha value is -1.09. The maximum atomic E-state index is 11.2. The van der Waals surface area contributed by atoms with Crippen molar-refractivity contribution in [3.8, 4) is 0 Å². The van der Waals surface area contributed by atoms with Crippen LogP contribution in [0.15, 0.2) is 36.4 Å². The van der Waals surface area contributed by atoms with Crippen molar-refractivity contribution in [3.05, 3.63) is 42.0 Å². The summed E-state index contributed by atoms with van der Waals surface area (Å²) >= 11 is 3.23. The lowest BCUT2D eigenvalue weighted by Gasteiger charge is -2.05. The molecule has 0 spiro atoms. The predicted octanol–water partition coefficient (Wildman–Crippen LogP) is 3.37. The Kier molecular flexibility index (Phi) is 5.12. The SMILES string of the molecule is CCC(Br)OC(=O)/C=C/c1ccccc1. The molecule has 1 aromatic carbocycles. The summed E-state index contributed by atoms with van der Waals surface area (Å²) in [6.45, 7) is 1.94. The maximum Gasteiger partial charge on any atom is 0.331 e. The van der Waals surface area contributed by atoms with Gasteiger partial charge in [0.05, 0.1) is 0 Å². The van der Waals surface area contributed by atoms with Crippen molar-refractivity contribution in [1.29, 1.82) is 0 Å². The van der Waals surface area contributed by atoms with Gasteiger partial charge in [0.2, 0.25) is 0 Å². The summed E-state index contributed by atoms with van der Waals surface area (Å²) < 4.78 is 5.01. The first kappa shape index (κ1) is 12.0. The van der Waals surface area contributed by atoms with Gasteiger partial charge in [-0.05, 0) is 34.0 Å². The Morgan fingerprint density at radius 2 is 2.13 bits per heavy atom. The van der Waals surface area contributed by atoms with E-state index in [2.05, 4.69) is 15.9 Å². The van der Waals surface area contributed by atoms with Crippen molar-refractivity contribution in [2.75, 3.05) is 0 Å². The molecule has 0 aliphatic rings. The van der Waals surface area contributed by atoms with Gasteiger partial charge in [0.15, 0.2) is 5.01 Å². The molecule has 0 saturated carbocycles. The summed E-state index contributed by atoms with van der Waals surface area (Å²) in [7, 11) is 0. The highest BCUT2D eigenvalue weighted by atomic mass is 79.9. The van der Waals surface area contributed by atoms with Crippen LogP contribution in [0, 0.1) is 0 Å².